The molecule has 1 atom stereocenters. The minimum atomic E-state index is -3.73. The lowest BCUT2D eigenvalue weighted by atomic mass is 10.2. The largest absolute Gasteiger partial charge is 0.479 e. The summed E-state index contributed by atoms with van der Waals surface area (Å²) in [6.45, 7) is 0.222. The minimum Gasteiger partial charge on any atom is -0.479 e. The Balaban J connectivity index is 2.28. The van der Waals surface area contributed by atoms with Gasteiger partial charge in [-0.05, 0) is 11.4 Å². The first-order valence-corrected chi connectivity index (χ1v) is 8.71. The standard InChI is InChI=1S/C12H16N2O6S2/c1-13(2)22(18,19)9-3-6-21-10(9)11(15)14-4-5-20-8(7-14)12(16)17/h3,6,8H,4-5,7H2,1-2H3,(H,16,17). The SMILES string of the molecule is CN(C)S(=O)(=O)c1ccsc1C(=O)N1CCOC(C(=O)O)C1. The van der Waals surface area contributed by atoms with Gasteiger partial charge in [0.2, 0.25) is 10.0 Å². The molecule has 122 valence electrons. The Morgan fingerprint density at radius 2 is 2.14 bits per heavy atom. The molecule has 0 bridgehead atoms. The normalized spacial score (nSPS) is 19.4. The van der Waals surface area contributed by atoms with E-state index in [-0.39, 0.29) is 29.5 Å². The van der Waals surface area contributed by atoms with E-state index in [2.05, 4.69) is 0 Å². The van der Waals surface area contributed by atoms with Gasteiger partial charge in [-0.1, -0.05) is 0 Å². The zero-order valence-corrected chi connectivity index (χ0v) is 13.7. The van der Waals surface area contributed by atoms with E-state index in [0.717, 1.165) is 15.6 Å². The number of morpholine rings is 1. The molecule has 0 aliphatic carbocycles. The van der Waals surface area contributed by atoms with E-state index >= 15 is 0 Å². The first-order valence-electron chi connectivity index (χ1n) is 6.39. The second-order valence-corrected chi connectivity index (χ2v) is 7.89. The minimum absolute atomic E-state index is 0.0640. The lowest BCUT2D eigenvalue weighted by Gasteiger charge is -2.30. The van der Waals surface area contributed by atoms with Gasteiger partial charge >= 0.3 is 5.97 Å². The number of nitrogens with zero attached hydrogens (tertiary/aromatic N) is 2. The first-order chi connectivity index (χ1) is 10.2. The van der Waals surface area contributed by atoms with Crippen molar-refractivity contribution in [1.82, 2.24) is 9.21 Å². The number of amides is 1. The first kappa shape index (κ1) is 16.9. The number of hydrogen-bond acceptors (Lipinski definition) is 6. The van der Waals surface area contributed by atoms with E-state index in [1.165, 1.54) is 30.4 Å². The molecule has 1 saturated heterocycles. The number of carboxylic acids is 1. The Morgan fingerprint density at radius 1 is 1.45 bits per heavy atom. The number of rotatable bonds is 4. The van der Waals surface area contributed by atoms with Crippen LogP contribution >= 0.6 is 11.3 Å². The third kappa shape index (κ3) is 3.14. The average Bonchev–Trinajstić information content (AvgIpc) is 2.96. The molecule has 10 heteroatoms. The molecule has 1 N–H and O–H groups in total. The van der Waals surface area contributed by atoms with Gasteiger partial charge < -0.3 is 14.7 Å². The van der Waals surface area contributed by atoms with E-state index < -0.39 is 28.0 Å². The highest BCUT2D eigenvalue weighted by molar-refractivity contribution is 7.89. The fourth-order valence-corrected chi connectivity index (χ4v) is 4.24. The molecule has 0 spiro atoms. The second kappa shape index (κ2) is 6.32. The predicted octanol–water partition coefficient (Wildman–Crippen LogP) is -0.0760. The van der Waals surface area contributed by atoms with Crippen LogP contribution in [0.15, 0.2) is 16.3 Å². The van der Waals surface area contributed by atoms with Crippen molar-refractivity contribution in [3.8, 4) is 0 Å². The highest BCUT2D eigenvalue weighted by Crippen LogP contribution is 2.26. The number of carbonyl (C=O) groups is 2. The third-order valence-electron chi connectivity index (χ3n) is 3.21. The van der Waals surface area contributed by atoms with Crippen molar-refractivity contribution in [1.29, 1.82) is 0 Å². The summed E-state index contributed by atoms with van der Waals surface area (Å²) in [6, 6.07) is 1.38. The fraction of sp³-hybridized carbons (Fsp3) is 0.500. The van der Waals surface area contributed by atoms with Crippen molar-refractivity contribution in [2.45, 2.75) is 11.0 Å². The van der Waals surface area contributed by atoms with Gasteiger partial charge in [-0.25, -0.2) is 17.5 Å². The Labute approximate surface area is 131 Å². The molecule has 22 heavy (non-hydrogen) atoms. The molecule has 1 fully saturated rings. The molecule has 1 aromatic rings. The second-order valence-electron chi connectivity index (χ2n) is 4.85. The van der Waals surface area contributed by atoms with E-state index in [0.29, 0.717) is 0 Å². The Hall–Kier alpha value is -1.49. The molecule has 2 rings (SSSR count). The zero-order chi connectivity index (χ0) is 16.5. The van der Waals surface area contributed by atoms with Crippen LogP contribution in [-0.2, 0) is 19.6 Å². The van der Waals surface area contributed by atoms with Crippen LogP contribution in [0, 0.1) is 0 Å². The zero-order valence-electron chi connectivity index (χ0n) is 12.1. The highest BCUT2D eigenvalue weighted by atomic mass is 32.2. The van der Waals surface area contributed by atoms with Crippen LogP contribution in [0.3, 0.4) is 0 Å². The molecule has 0 radical (unpaired) electrons. The number of aliphatic carboxylic acids is 1. The van der Waals surface area contributed by atoms with E-state index in [1.807, 2.05) is 0 Å². The summed E-state index contributed by atoms with van der Waals surface area (Å²) in [5.74, 6) is -1.64. The van der Waals surface area contributed by atoms with Crippen molar-refractivity contribution in [3.63, 3.8) is 0 Å². The van der Waals surface area contributed by atoms with Crippen molar-refractivity contribution in [2.24, 2.45) is 0 Å². The van der Waals surface area contributed by atoms with E-state index in [9.17, 15) is 18.0 Å². The molecule has 1 aromatic heterocycles. The van der Waals surface area contributed by atoms with Crippen LogP contribution in [0.5, 0.6) is 0 Å². The Morgan fingerprint density at radius 3 is 2.73 bits per heavy atom. The molecule has 1 unspecified atom stereocenters. The van der Waals surface area contributed by atoms with Gasteiger partial charge in [0.05, 0.1) is 13.2 Å². The Bertz CT molecular complexity index is 682. The molecule has 8 nitrogen and oxygen atoms in total. The van der Waals surface area contributed by atoms with Crippen LogP contribution in [0.1, 0.15) is 9.67 Å². The summed E-state index contributed by atoms with van der Waals surface area (Å²) in [5.41, 5.74) is 0. The quantitative estimate of drug-likeness (QED) is 0.816. The monoisotopic (exact) mass is 348 g/mol. The van der Waals surface area contributed by atoms with Gasteiger partial charge in [0, 0.05) is 20.6 Å². The molecule has 0 saturated carbocycles. The highest BCUT2D eigenvalue weighted by Gasteiger charge is 2.33. The van der Waals surface area contributed by atoms with Crippen molar-refractivity contribution >= 4 is 33.2 Å². The number of carboxylic acid groups (broad SMARTS) is 1. The van der Waals surface area contributed by atoms with Crippen molar-refractivity contribution in [3.05, 3.63) is 16.3 Å². The maximum atomic E-state index is 12.5. The molecular formula is C12H16N2O6S2. The van der Waals surface area contributed by atoms with Crippen LogP contribution < -0.4 is 0 Å². The molecule has 1 aliphatic rings. The van der Waals surface area contributed by atoms with Gasteiger partial charge in [-0.15, -0.1) is 11.3 Å². The smallest absolute Gasteiger partial charge is 0.334 e. The summed E-state index contributed by atoms with van der Waals surface area (Å²) in [4.78, 5) is 24.8. The maximum absolute atomic E-state index is 12.5. The van der Waals surface area contributed by atoms with E-state index in [4.69, 9.17) is 9.84 Å². The summed E-state index contributed by atoms with van der Waals surface area (Å²) in [6.07, 6.45) is -1.09. The van der Waals surface area contributed by atoms with Gasteiger partial charge in [0.25, 0.3) is 5.91 Å². The van der Waals surface area contributed by atoms with Crippen molar-refractivity contribution in [2.75, 3.05) is 33.8 Å². The predicted molar refractivity (Wildman–Crippen MR) is 78.5 cm³/mol. The summed E-state index contributed by atoms with van der Waals surface area (Å²) >= 11 is 1.02. The number of hydrogen-bond donors (Lipinski definition) is 1. The molecule has 1 amide bonds. The van der Waals surface area contributed by atoms with Gasteiger partial charge in [0.15, 0.2) is 6.10 Å². The lowest BCUT2D eigenvalue weighted by Crippen LogP contribution is -2.48. The van der Waals surface area contributed by atoms with Gasteiger partial charge in [0.1, 0.15) is 9.77 Å². The summed E-state index contributed by atoms with van der Waals surface area (Å²) in [5, 5.41) is 10.5. The molecule has 2 heterocycles. The number of thiophene rings is 1. The number of ether oxygens (including phenoxy) is 1. The molecule has 0 aromatic carbocycles. The fourth-order valence-electron chi connectivity index (χ4n) is 1.98. The van der Waals surface area contributed by atoms with Crippen LogP contribution in [0.4, 0.5) is 0 Å². The van der Waals surface area contributed by atoms with Crippen LogP contribution in [0.25, 0.3) is 0 Å². The number of carbonyl (C=O) groups excluding carboxylic acids is 1. The topological polar surface area (TPSA) is 104 Å². The van der Waals surface area contributed by atoms with Crippen molar-refractivity contribution < 1.29 is 27.9 Å². The van der Waals surface area contributed by atoms with E-state index in [1.54, 1.807) is 0 Å². The average molecular weight is 348 g/mol. The third-order valence-corrected chi connectivity index (χ3v) is 6.10. The van der Waals surface area contributed by atoms with Crippen LogP contribution in [-0.4, -0.2) is 74.5 Å². The summed E-state index contributed by atoms with van der Waals surface area (Å²) in [7, 11) is -0.958. The van der Waals surface area contributed by atoms with Crippen LogP contribution in [0.2, 0.25) is 0 Å². The van der Waals surface area contributed by atoms with Gasteiger partial charge in [-0.2, -0.15) is 0 Å². The van der Waals surface area contributed by atoms with Gasteiger partial charge in [-0.3, -0.25) is 4.79 Å². The Kier molecular flexibility index (Phi) is 4.85. The molecule has 1 aliphatic heterocycles. The molecular weight excluding hydrogens is 332 g/mol. The lowest BCUT2D eigenvalue weighted by molar-refractivity contribution is -0.154. The maximum Gasteiger partial charge on any atom is 0.334 e. The number of sulfonamides is 1. The summed E-state index contributed by atoms with van der Waals surface area (Å²) < 4.78 is 30.5.